The van der Waals surface area contributed by atoms with Gasteiger partial charge < -0.3 is 15.5 Å². The third-order valence-electron chi connectivity index (χ3n) is 5.89. The zero-order valence-electron chi connectivity index (χ0n) is 11.7. The molecule has 3 heteroatoms. The van der Waals surface area contributed by atoms with Crippen molar-refractivity contribution in [1.82, 2.24) is 0 Å². The minimum absolute atomic E-state index is 0.462. The zero-order valence-corrected chi connectivity index (χ0v) is 11.7. The fraction of sp³-hybridized carbons (Fsp3) is 0.625. The number of piperidine rings is 2. The quantitative estimate of drug-likeness (QED) is 0.516. The minimum atomic E-state index is 0.462. The molecule has 0 amide bonds. The highest BCUT2D eigenvalue weighted by Crippen LogP contribution is 2.31. The van der Waals surface area contributed by atoms with E-state index in [0.717, 1.165) is 5.92 Å². The first-order valence-electron chi connectivity index (χ1n) is 7.79. The third-order valence-corrected chi connectivity index (χ3v) is 5.89. The van der Waals surface area contributed by atoms with Crippen LogP contribution in [0.15, 0.2) is 30.3 Å². The molecule has 3 nitrogen and oxygen atoms in total. The summed E-state index contributed by atoms with van der Waals surface area (Å²) >= 11 is 0. The minimum Gasteiger partial charge on any atom is -0.354 e. The number of hydrogen-bond acceptors (Lipinski definition) is 0. The van der Waals surface area contributed by atoms with E-state index in [1.54, 1.807) is 0 Å². The number of nitrogens with one attached hydrogen (secondary N) is 2. The first-order valence-corrected chi connectivity index (χ1v) is 7.79. The zero-order chi connectivity index (χ0) is 12.9. The molecule has 0 radical (unpaired) electrons. The van der Waals surface area contributed by atoms with Crippen molar-refractivity contribution in [3.05, 3.63) is 35.9 Å². The highest BCUT2D eigenvalue weighted by molar-refractivity contribution is 5.18. The summed E-state index contributed by atoms with van der Waals surface area (Å²) in [5.41, 5.74) is 6.60. The van der Waals surface area contributed by atoms with E-state index in [2.05, 4.69) is 36.1 Å². The average Bonchev–Trinajstić information content (AvgIpc) is 2.65. The summed E-state index contributed by atoms with van der Waals surface area (Å²) in [5.74, 6) is 0.860. The van der Waals surface area contributed by atoms with Crippen LogP contribution in [0.25, 0.3) is 0 Å². The van der Waals surface area contributed by atoms with E-state index in [0.29, 0.717) is 11.5 Å². The van der Waals surface area contributed by atoms with Crippen molar-refractivity contribution in [3.8, 4) is 0 Å². The smallest absolute Gasteiger partial charge is 0.127 e. The molecule has 1 aromatic carbocycles. The number of fused-ring (bicyclic) bond motifs is 1. The van der Waals surface area contributed by atoms with Gasteiger partial charge in [-0.2, -0.15) is 0 Å². The second-order valence-corrected chi connectivity index (χ2v) is 7.15. The largest absolute Gasteiger partial charge is 0.354 e. The van der Waals surface area contributed by atoms with Crippen molar-refractivity contribution in [2.24, 2.45) is 11.3 Å². The number of quaternary nitrogens is 3. The molecule has 5 rings (SSSR count). The molecule has 19 heavy (non-hydrogen) atoms. The van der Waals surface area contributed by atoms with E-state index in [9.17, 15) is 0 Å². The van der Waals surface area contributed by atoms with Crippen molar-refractivity contribution >= 4 is 0 Å². The van der Waals surface area contributed by atoms with Crippen LogP contribution in [0, 0.1) is 11.3 Å². The molecule has 1 aromatic rings. The van der Waals surface area contributed by atoms with Crippen LogP contribution in [0.1, 0.15) is 5.56 Å². The maximum absolute atomic E-state index is 4.62. The van der Waals surface area contributed by atoms with Crippen LogP contribution in [-0.2, 0) is 6.42 Å². The lowest BCUT2D eigenvalue weighted by Crippen LogP contribution is -3.19. The highest BCUT2D eigenvalue weighted by atomic mass is 15.3. The van der Waals surface area contributed by atoms with Crippen molar-refractivity contribution < 1.29 is 15.5 Å². The monoisotopic (exact) mass is 260 g/mol. The second kappa shape index (κ2) is 4.30. The fourth-order valence-corrected chi connectivity index (χ4v) is 5.06. The van der Waals surface area contributed by atoms with Gasteiger partial charge >= 0.3 is 0 Å². The molecule has 0 aromatic heterocycles. The molecule has 4 aliphatic heterocycles. The molecule has 4 heterocycles. The van der Waals surface area contributed by atoms with E-state index in [1.165, 1.54) is 51.3 Å². The summed E-state index contributed by atoms with van der Waals surface area (Å²) in [5, 5.41) is 0. The topological polar surface area (TPSA) is 36.5 Å². The standard InChI is InChI=1S/C16H23N3/c17-15-14-9-18-6-7-19(10-14)12-16(15,11-18)8-13-4-2-1-3-5-13/h1-5,14-15H,6-12,17H2/p+3/t14?,15-,16?/m1/s1. The van der Waals surface area contributed by atoms with Gasteiger partial charge in [-0.1, -0.05) is 30.3 Å². The Balaban J connectivity index is 1.68. The predicted octanol–water partition coefficient (Wildman–Crippen LogP) is -2.75. The van der Waals surface area contributed by atoms with Gasteiger partial charge in [0.05, 0.1) is 26.2 Å². The van der Waals surface area contributed by atoms with Gasteiger partial charge in [0.15, 0.2) is 0 Å². The van der Waals surface area contributed by atoms with Crippen LogP contribution >= 0.6 is 0 Å². The molecule has 5 N–H and O–H groups in total. The molecular formula is C16H26N3+3. The Hall–Kier alpha value is -0.900. The van der Waals surface area contributed by atoms with E-state index >= 15 is 0 Å². The molecule has 0 saturated carbocycles. The Morgan fingerprint density at radius 3 is 2.32 bits per heavy atom. The summed E-state index contributed by atoms with van der Waals surface area (Å²) in [4.78, 5) is 3.71. The van der Waals surface area contributed by atoms with E-state index in [-0.39, 0.29) is 0 Å². The fourth-order valence-electron chi connectivity index (χ4n) is 5.06. The molecule has 3 atom stereocenters. The van der Waals surface area contributed by atoms with Crippen molar-refractivity contribution in [2.45, 2.75) is 12.5 Å². The Morgan fingerprint density at radius 2 is 1.68 bits per heavy atom. The first kappa shape index (κ1) is 11.9. The maximum Gasteiger partial charge on any atom is 0.127 e. The summed E-state index contributed by atoms with van der Waals surface area (Å²) < 4.78 is 0. The van der Waals surface area contributed by atoms with Gasteiger partial charge in [-0.25, -0.2) is 0 Å². The van der Waals surface area contributed by atoms with E-state index in [4.69, 9.17) is 0 Å². The summed E-state index contributed by atoms with van der Waals surface area (Å²) in [6, 6.07) is 11.8. The lowest BCUT2D eigenvalue weighted by Gasteiger charge is -2.47. The van der Waals surface area contributed by atoms with Gasteiger partial charge in [0.2, 0.25) is 0 Å². The number of hydrogen-bond donors (Lipinski definition) is 3. The SMILES string of the molecule is [NH3+][C@@H]1C2C[NH+]3CC[NH+](C2)CC1(Cc1ccccc1)C3. The summed E-state index contributed by atoms with van der Waals surface area (Å²) in [6.45, 7) is 8.25. The normalized spacial score (nSPS) is 44.3. The van der Waals surface area contributed by atoms with Crippen LogP contribution in [0.2, 0.25) is 0 Å². The van der Waals surface area contributed by atoms with Gasteiger partial charge in [-0.3, -0.25) is 0 Å². The molecular weight excluding hydrogens is 234 g/mol. The van der Waals surface area contributed by atoms with Gasteiger partial charge in [0, 0.05) is 0 Å². The van der Waals surface area contributed by atoms with Crippen LogP contribution in [0.4, 0.5) is 0 Å². The van der Waals surface area contributed by atoms with Crippen LogP contribution in [-0.4, -0.2) is 45.3 Å². The molecule has 4 saturated heterocycles. The van der Waals surface area contributed by atoms with Crippen LogP contribution in [0.5, 0.6) is 0 Å². The molecule has 2 unspecified atom stereocenters. The Kier molecular flexibility index (Phi) is 2.69. The van der Waals surface area contributed by atoms with Crippen molar-refractivity contribution in [1.29, 1.82) is 0 Å². The van der Waals surface area contributed by atoms with Gasteiger partial charge in [-0.05, 0) is 12.0 Å². The van der Waals surface area contributed by atoms with Crippen LogP contribution < -0.4 is 15.5 Å². The molecule has 0 spiro atoms. The molecule has 102 valence electrons. The van der Waals surface area contributed by atoms with Crippen molar-refractivity contribution in [3.63, 3.8) is 0 Å². The third kappa shape index (κ3) is 1.92. The Labute approximate surface area is 115 Å². The van der Waals surface area contributed by atoms with Crippen LogP contribution in [0.3, 0.4) is 0 Å². The van der Waals surface area contributed by atoms with Gasteiger partial charge in [-0.15, -0.1) is 0 Å². The predicted molar refractivity (Wildman–Crippen MR) is 73.9 cm³/mol. The van der Waals surface area contributed by atoms with E-state index in [1.807, 2.05) is 9.80 Å². The number of rotatable bonds is 2. The second-order valence-electron chi connectivity index (χ2n) is 7.15. The lowest BCUT2D eigenvalue weighted by molar-refractivity contribution is -0.918. The van der Waals surface area contributed by atoms with Gasteiger partial charge in [0.25, 0.3) is 0 Å². The maximum atomic E-state index is 4.62. The summed E-state index contributed by atoms with van der Waals surface area (Å²) in [7, 11) is 0. The van der Waals surface area contributed by atoms with Gasteiger partial charge in [0.1, 0.15) is 30.5 Å². The highest BCUT2D eigenvalue weighted by Gasteiger charge is 2.60. The molecule has 4 aliphatic rings. The average molecular weight is 260 g/mol. The first-order chi connectivity index (χ1) is 9.25. The molecule has 4 fully saturated rings. The Morgan fingerprint density at radius 1 is 1.05 bits per heavy atom. The Bertz CT molecular complexity index is 442. The molecule has 0 aliphatic carbocycles. The number of benzene rings is 1. The van der Waals surface area contributed by atoms with E-state index < -0.39 is 0 Å². The summed E-state index contributed by atoms with van der Waals surface area (Å²) in [6.07, 6.45) is 1.24. The lowest BCUT2D eigenvalue weighted by atomic mass is 9.65. The molecule has 4 bridgehead atoms. The van der Waals surface area contributed by atoms with Crippen molar-refractivity contribution in [2.75, 3.05) is 39.3 Å².